The van der Waals surface area contributed by atoms with E-state index >= 15 is 0 Å². The lowest BCUT2D eigenvalue weighted by Gasteiger charge is -1.96. The highest BCUT2D eigenvalue weighted by molar-refractivity contribution is 5.21. The van der Waals surface area contributed by atoms with Gasteiger partial charge in [-0.2, -0.15) is 0 Å². The summed E-state index contributed by atoms with van der Waals surface area (Å²) in [5, 5.41) is 0. The van der Waals surface area contributed by atoms with Crippen LogP contribution in [0.15, 0.2) is 42.9 Å². The molecule has 0 unspecified atom stereocenters. The summed E-state index contributed by atoms with van der Waals surface area (Å²) in [6, 6.07) is 9.51. The van der Waals surface area contributed by atoms with Crippen molar-refractivity contribution in [2.45, 2.75) is 0 Å². The predicted molar refractivity (Wildman–Crippen MR) is 43.2 cm³/mol. The van der Waals surface area contributed by atoms with Crippen LogP contribution in [0.25, 0.3) is 0 Å². The molecule has 0 aliphatic carbocycles. The Labute approximate surface area is 66.1 Å². The second-order valence-corrected chi connectivity index (χ2v) is 1.94. The van der Waals surface area contributed by atoms with Gasteiger partial charge in [-0.3, -0.25) is 0 Å². The lowest BCUT2D eigenvalue weighted by Crippen LogP contribution is -1.80. The summed E-state index contributed by atoms with van der Waals surface area (Å²) in [5.74, 6) is 0.806. The second-order valence-electron chi connectivity index (χ2n) is 1.94. The van der Waals surface area contributed by atoms with E-state index in [0.717, 1.165) is 5.75 Å². The van der Waals surface area contributed by atoms with Crippen molar-refractivity contribution in [2.75, 3.05) is 7.11 Å². The Morgan fingerprint density at radius 1 is 1.09 bits per heavy atom. The summed E-state index contributed by atoms with van der Waals surface area (Å²) in [6.45, 7) is 0. The maximum Gasteiger partial charge on any atom is 0.126 e. The smallest absolute Gasteiger partial charge is 0.126 e. The Bertz CT molecular complexity index is 216. The standard InChI is InChI=1S/C9H10O2/c1-10-7-8-11-9-5-3-2-4-6-9/h2-8H,1H3/b8-7+. The average molecular weight is 150 g/mol. The third kappa shape index (κ3) is 2.76. The van der Waals surface area contributed by atoms with Crippen LogP contribution >= 0.6 is 0 Å². The maximum absolute atomic E-state index is 5.14. The quantitative estimate of drug-likeness (QED) is 0.615. The lowest BCUT2D eigenvalue weighted by molar-refractivity contribution is 0.319. The molecule has 0 heterocycles. The molecular formula is C9H10O2. The molecule has 0 saturated heterocycles. The van der Waals surface area contributed by atoms with Crippen LogP contribution in [0.5, 0.6) is 5.75 Å². The van der Waals surface area contributed by atoms with E-state index < -0.39 is 0 Å². The Morgan fingerprint density at radius 3 is 2.45 bits per heavy atom. The zero-order valence-electron chi connectivity index (χ0n) is 6.36. The number of ether oxygens (including phenoxy) is 2. The van der Waals surface area contributed by atoms with Gasteiger partial charge in [-0.15, -0.1) is 0 Å². The molecule has 0 saturated carbocycles. The molecule has 0 N–H and O–H groups in total. The highest BCUT2D eigenvalue weighted by atomic mass is 16.5. The summed E-state index contributed by atoms with van der Waals surface area (Å²) in [6.07, 6.45) is 2.97. The first-order valence-electron chi connectivity index (χ1n) is 3.33. The Balaban J connectivity index is 2.45. The summed E-state index contributed by atoms with van der Waals surface area (Å²) in [4.78, 5) is 0. The van der Waals surface area contributed by atoms with Crippen molar-refractivity contribution in [3.05, 3.63) is 42.9 Å². The minimum atomic E-state index is 0.806. The molecule has 0 radical (unpaired) electrons. The predicted octanol–water partition coefficient (Wildman–Crippen LogP) is 2.18. The van der Waals surface area contributed by atoms with Crippen LogP contribution in [-0.4, -0.2) is 7.11 Å². The first-order chi connectivity index (χ1) is 5.43. The van der Waals surface area contributed by atoms with Gasteiger partial charge in [-0.25, -0.2) is 0 Å². The molecule has 0 fully saturated rings. The third-order valence-corrected chi connectivity index (χ3v) is 1.14. The SMILES string of the molecule is CO/C=C/Oc1ccccc1. The molecule has 1 aromatic carbocycles. The highest BCUT2D eigenvalue weighted by Crippen LogP contribution is 2.07. The minimum Gasteiger partial charge on any atom is -0.501 e. The van der Waals surface area contributed by atoms with Gasteiger partial charge in [0.25, 0.3) is 0 Å². The molecule has 0 aliphatic rings. The second kappa shape index (κ2) is 4.39. The van der Waals surface area contributed by atoms with Gasteiger partial charge < -0.3 is 9.47 Å². The van der Waals surface area contributed by atoms with Crippen molar-refractivity contribution in [3.8, 4) is 5.75 Å². The molecule has 0 atom stereocenters. The maximum atomic E-state index is 5.14. The Morgan fingerprint density at radius 2 is 1.82 bits per heavy atom. The van der Waals surface area contributed by atoms with Crippen molar-refractivity contribution < 1.29 is 9.47 Å². The highest BCUT2D eigenvalue weighted by Gasteiger charge is 1.84. The molecule has 2 heteroatoms. The molecule has 0 aromatic heterocycles. The molecule has 0 amide bonds. The van der Waals surface area contributed by atoms with Crippen LogP contribution in [0.4, 0.5) is 0 Å². The summed E-state index contributed by atoms with van der Waals surface area (Å²) < 4.78 is 9.80. The molecule has 0 bridgehead atoms. The van der Waals surface area contributed by atoms with E-state index in [4.69, 9.17) is 4.74 Å². The van der Waals surface area contributed by atoms with E-state index in [0.29, 0.717) is 0 Å². The van der Waals surface area contributed by atoms with E-state index in [1.165, 1.54) is 12.5 Å². The average Bonchev–Trinajstić information content (AvgIpc) is 2.07. The van der Waals surface area contributed by atoms with Crippen LogP contribution in [0.2, 0.25) is 0 Å². The number of hydrogen-bond acceptors (Lipinski definition) is 2. The molecule has 0 spiro atoms. The van der Waals surface area contributed by atoms with Gasteiger partial charge in [-0.05, 0) is 12.1 Å². The van der Waals surface area contributed by atoms with Crippen molar-refractivity contribution >= 4 is 0 Å². The fourth-order valence-corrected chi connectivity index (χ4v) is 0.661. The topological polar surface area (TPSA) is 18.5 Å². The number of para-hydroxylation sites is 1. The van der Waals surface area contributed by atoms with Crippen molar-refractivity contribution in [1.82, 2.24) is 0 Å². The van der Waals surface area contributed by atoms with Crippen molar-refractivity contribution in [1.29, 1.82) is 0 Å². The normalized spacial score (nSPS) is 9.91. The summed E-state index contributed by atoms with van der Waals surface area (Å²) in [5.41, 5.74) is 0. The molecule has 1 rings (SSSR count). The third-order valence-electron chi connectivity index (χ3n) is 1.14. The largest absolute Gasteiger partial charge is 0.501 e. The van der Waals surface area contributed by atoms with Crippen LogP contribution < -0.4 is 4.74 Å². The molecule has 11 heavy (non-hydrogen) atoms. The van der Waals surface area contributed by atoms with Gasteiger partial charge in [0.2, 0.25) is 0 Å². The van der Waals surface area contributed by atoms with Crippen molar-refractivity contribution in [2.24, 2.45) is 0 Å². The number of hydrogen-bond donors (Lipinski definition) is 0. The number of methoxy groups -OCH3 is 1. The fraction of sp³-hybridized carbons (Fsp3) is 0.111. The zero-order valence-corrected chi connectivity index (χ0v) is 6.36. The van der Waals surface area contributed by atoms with Crippen LogP contribution in [0.3, 0.4) is 0 Å². The number of rotatable bonds is 3. The summed E-state index contributed by atoms with van der Waals surface area (Å²) in [7, 11) is 1.57. The van der Waals surface area contributed by atoms with Gasteiger partial charge in [0, 0.05) is 0 Å². The van der Waals surface area contributed by atoms with Crippen LogP contribution in [-0.2, 0) is 4.74 Å². The van der Waals surface area contributed by atoms with E-state index in [1.807, 2.05) is 30.3 Å². The first-order valence-corrected chi connectivity index (χ1v) is 3.33. The Kier molecular flexibility index (Phi) is 3.06. The lowest BCUT2D eigenvalue weighted by atomic mass is 10.3. The van der Waals surface area contributed by atoms with Gasteiger partial charge in [-0.1, -0.05) is 18.2 Å². The van der Waals surface area contributed by atoms with Crippen LogP contribution in [0, 0.1) is 0 Å². The van der Waals surface area contributed by atoms with E-state index in [-0.39, 0.29) is 0 Å². The van der Waals surface area contributed by atoms with E-state index in [9.17, 15) is 0 Å². The molecule has 1 aromatic rings. The summed E-state index contributed by atoms with van der Waals surface area (Å²) >= 11 is 0. The molecule has 0 aliphatic heterocycles. The molecule has 2 nitrogen and oxygen atoms in total. The van der Waals surface area contributed by atoms with Gasteiger partial charge >= 0.3 is 0 Å². The van der Waals surface area contributed by atoms with E-state index in [1.54, 1.807) is 7.11 Å². The number of benzene rings is 1. The molecule has 58 valence electrons. The monoisotopic (exact) mass is 150 g/mol. The van der Waals surface area contributed by atoms with Gasteiger partial charge in [0.05, 0.1) is 7.11 Å². The molecular weight excluding hydrogens is 140 g/mol. The van der Waals surface area contributed by atoms with Gasteiger partial charge in [0.1, 0.15) is 18.3 Å². The zero-order chi connectivity index (χ0) is 7.94. The first kappa shape index (κ1) is 7.66. The van der Waals surface area contributed by atoms with Crippen molar-refractivity contribution in [3.63, 3.8) is 0 Å². The fourth-order valence-electron chi connectivity index (χ4n) is 0.661. The Hall–Kier alpha value is -1.44. The van der Waals surface area contributed by atoms with E-state index in [2.05, 4.69) is 4.74 Å². The van der Waals surface area contributed by atoms with Crippen LogP contribution in [0.1, 0.15) is 0 Å². The van der Waals surface area contributed by atoms with Gasteiger partial charge in [0.15, 0.2) is 0 Å². The minimum absolute atomic E-state index is 0.806.